The highest BCUT2D eigenvalue weighted by Crippen LogP contribution is 2.24. The number of halogens is 1. The minimum Gasteiger partial charge on any atom is -0.465 e. The van der Waals surface area contributed by atoms with Gasteiger partial charge in [0.1, 0.15) is 12.4 Å². The number of esters is 1. The molecule has 0 bridgehead atoms. The van der Waals surface area contributed by atoms with Crippen molar-refractivity contribution in [3.05, 3.63) is 93.0 Å². The number of sulfonamides is 1. The van der Waals surface area contributed by atoms with Crippen LogP contribution in [0.15, 0.2) is 76.6 Å². The first kappa shape index (κ1) is 26.6. The van der Waals surface area contributed by atoms with Gasteiger partial charge in [-0.25, -0.2) is 12.8 Å². The highest BCUT2D eigenvalue weighted by atomic mass is 32.2. The van der Waals surface area contributed by atoms with E-state index in [1.807, 2.05) is 0 Å². The van der Waals surface area contributed by atoms with Crippen LogP contribution < -0.4 is 9.52 Å². The van der Waals surface area contributed by atoms with Crippen molar-refractivity contribution < 1.29 is 32.1 Å². The van der Waals surface area contributed by atoms with Gasteiger partial charge in [0.15, 0.2) is 4.80 Å². The van der Waals surface area contributed by atoms with Crippen LogP contribution >= 0.6 is 11.3 Å². The van der Waals surface area contributed by atoms with Crippen LogP contribution in [0, 0.1) is 15.9 Å². The van der Waals surface area contributed by atoms with Gasteiger partial charge in [-0.2, -0.15) is 4.99 Å². The molecular formula is C24H19FN4O7S2. The monoisotopic (exact) mass is 558 g/mol. The Balaban J connectivity index is 1.64. The van der Waals surface area contributed by atoms with Crippen molar-refractivity contribution >= 4 is 54.8 Å². The number of rotatable bonds is 8. The van der Waals surface area contributed by atoms with Crippen LogP contribution in [0.5, 0.6) is 0 Å². The maximum atomic E-state index is 13.1. The zero-order chi connectivity index (χ0) is 27.4. The molecule has 1 amide bonds. The molecule has 0 spiro atoms. The zero-order valence-electron chi connectivity index (χ0n) is 19.7. The second-order valence-electron chi connectivity index (χ2n) is 7.74. The first-order valence-corrected chi connectivity index (χ1v) is 13.3. The van der Waals surface area contributed by atoms with Crippen molar-refractivity contribution in [3.63, 3.8) is 0 Å². The van der Waals surface area contributed by atoms with Crippen LogP contribution in [0.3, 0.4) is 0 Å². The topological polar surface area (TPSA) is 150 Å². The van der Waals surface area contributed by atoms with E-state index in [4.69, 9.17) is 4.74 Å². The first-order valence-electron chi connectivity index (χ1n) is 11.0. The van der Waals surface area contributed by atoms with E-state index in [-0.39, 0.29) is 39.8 Å². The number of nitro benzene ring substituents is 1. The molecule has 1 N–H and O–H groups in total. The average Bonchev–Trinajstić information content (AvgIpc) is 3.20. The molecule has 4 aromatic rings. The fourth-order valence-corrected chi connectivity index (χ4v) is 5.53. The van der Waals surface area contributed by atoms with E-state index in [0.717, 1.165) is 35.6 Å². The molecule has 0 unspecified atom stereocenters. The Morgan fingerprint density at radius 2 is 1.79 bits per heavy atom. The number of carbonyl (C=O) groups excluding carboxylic acids is 2. The Morgan fingerprint density at radius 1 is 1.11 bits per heavy atom. The Labute approximate surface area is 219 Å². The zero-order valence-corrected chi connectivity index (χ0v) is 21.3. The van der Waals surface area contributed by atoms with Crippen LogP contribution in [0.4, 0.5) is 15.8 Å². The second-order valence-corrected chi connectivity index (χ2v) is 10.4. The number of hydrogen-bond acceptors (Lipinski definition) is 8. The third-order valence-corrected chi connectivity index (χ3v) is 7.61. The Kier molecular flexibility index (Phi) is 7.64. The predicted molar refractivity (Wildman–Crippen MR) is 137 cm³/mol. The highest BCUT2D eigenvalue weighted by molar-refractivity contribution is 7.92. The molecule has 0 atom stereocenters. The number of aromatic nitrogens is 1. The van der Waals surface area contributed by atoms with E-state index in [1.54, 1.807) is 6.92 Å². The summed E-state index contributed by atoms with van der Waals surface area (Å²) in [4.78, 5) is 39.8. The number of nitrogens with one attached hydrogen (secondary N) is 1. The van der Waals surface area contributed by atoms with Gasteiger partial charge in [-0.15, -0.1) is 0 Å². The fraction of sp³-hybridized carbons (Fsp3) is 0.125. The minimum absolute atomic E-state index is 0.125. The average molecular weight is 559 g/mol. The number of ether oxygens (including phenoxy) is 1. The van der Waals surface area contributed by atoms with Crippen LogP contribution in [-0.2, 0) is 26.1 Å². The quantitative estimate of drug-likeness (QED) is 0.196. The summed E-state index contributed by atoms with van der Waals surface area (Å²) in [6.07, 6.45) is 0. The standard InChI is InChI=1S/C24H19FN4O7S2/c1-2-36-22(30)14-28-20-12-9-18(29(32)33)13-21(20)37-24(28)26-23(31)15-3-7-17(8-4-15)27-38(34,35)19-10-5-16(25)6-11-19/h3-13,27H,2,14H2,1H3. The van der Waals surface area contributed by atoms with Gasteiger partial charge < -0.3 is 9.30 Å². The molecule has 0 aliphatic heterocycles. The maximum absolute atomic E-state index is 13.1. The molecule has 1 aromatic heterocycles. The molecule has 0 aliphatic carbocycles. The number of nitrogens with zero attached hydrogens (tertiary/aromatic N) is 3. The Morgan fingerprint density at radius 3 is 2.42 bits per heavy atom. The van der Waals surface area contributed by atoms with Gasteiger partial charge in [0.05, 0.1) is 26.6 Å². The summed E-state index contributed by atoms with van der Waals surface area (Å²) < 4.78 is 47.3. The van der Waals surface area contributed by atoms with Gasteiger partial charge in [-0.05, 0) is 61.5 Å². The van der Waals surface area contributed by atoms with Gasteiger partial charge in [-0.1, -0.05) is 11.3 Å². The number of non-ortho nitro benzene ring substituents is 1. The van der Waals surface area contributed by atoms with Crippen molar-refractivity contribution in [3.8, 4) is 0 Å². The molecule has 0 saturated heterocycles. The van der Waals surface area contributed by atoms with Gasteiger partial charge in [0.25, 0.3) is 21.6 Å². The lowest BCUT2D eigenvalue weighted by molar-refractivity contribution is -0.384. The number of anilines is 1. The van der Waals surface area contributed by atoms with Crippen LogP contribution in [0.2, 0.25) is 0 Å². The molecule has 196 valence electrons. The van der Waals surface area contributed by atoms with Crippen LogP contribution in [-0.4, -0.2) is 36.4 Å². The number of carbonyl (C=O) groups is 2. The highest BCUT2D eigenvalue weighted by Gasteiger charge is 2.17. The lowest BCUT2D eigenvalue weighted by Gasteiger charge is -2.08. The fourth-order valence-electron chi connectivity index (χ4n) is 3.41. The lowest BCUT2D eigenvalue weighted by atomic mass is 10.2. The molecular weight excluding hydrogens is 539 g/mol. The van der Waals surface area contributed by atoms with E-state index in [9.17, 15) is 32.5 Å². The van der Waals surface area contributed by atoms with Crippen LogP contribution in [0.25, 0.3) is 10.2 Å². The number of thiazole rings is 1. The van der Waals surface area contributed by atoms with Crippen molar-refractivity contribution in [2.24, 2.45) is 4.99 Å². The summed E-state index contributed by atoms with van der Waals surface area (Å²) in [5, 5.41) is 11.2. The molecule has 4 rings (SSSR count). The smallest absolute Gasteiger partial charge is 0.326 e. The Bertz CT molecular complexity index is 1710. The third kappa shape index (κ3) is 5.92. The molecule has 11 nitrogen and oxygen atoms in total. The summed E-state index contributed by atoms with van der Waals surface area (Å²) in [7, 11) is -3.98. The van der Waals surface area contributed by atoms with Crippen molar-refractivity contribution in [2.75, 3.05) is 11.3 Å². The largest absolute Gasteiger partial charge is 0.465 e. The number of amides is 1. The third-order valence-electron chi connectivity index (χ3n) is 5.17. The van der Waals surface area contributed by atoms with E-state index < -0.39 is 32.6 Å². The van der Waals surface area contributed by atoms with E-state index in [0.29, 0.717) is 10.2 Å². The SMILES string of the molecule is CCOC(=O)Cn1c(=NC(=O)c2ccc(NS(=O)(=O)c3ccc(F)cc3)cc2)sc2cc([N+](=O)[O-])ccc21. The van der Waals surface area contributed by atoms with Gasteiger partial charge >= 0.3 is 5.97 Å². The van der Waals surface area contributed by atoms with E-state index in [2.05, 4.69) is 9.71 Å². The number of hydrogen-bond donors (Lipinski definition) is 1. The summed E-state index contributed by atoms with van der Waals surface area (Å²) in [6.45, 7) is 1.54. The first-order chi connectivity index (χ1) is 18.1. The van der Waals surface area contributed by atoms with Gasteiger partial charge in [0, 0.05) is 23.4 Å². The lowest BCUT2D eigenvalue weighted by Crippen LogP contribution is -2.23. The van der Waals surface area contributed by atoms with Crippen molar-refractivity contribution in [1.82, 2.24) is 4.57 Å². The predicted octanol–water partition coefficient (Wildman–Crippen LogP) is 3.86. The minimum atomic E-state index is -3.98. The molecule has 0 fully saturated rings. The Hall–Kier alpha value is -4.43. The number of benzene rings is 3. The second kappa shape index (κ2) is 10.9. The molecule has 0 saturated carbocycles. The van der Waals surface area contributed by atoms with Crippen LogP contribution in [0.1, 0.15) is 17.3 Å². The molecule has 14 heteroatoms. The molecule has 0 aliphatic rings. The van der Waals surface area contributed by atoms with E-state index >= 15 is 0 Å². The molecule has 0 radical (unpaired) electrons. The van der Waals surface area contributed by atoms with Crippen molar-refractivity contribution in [2.45, 2.75) is 18.4 Å². The summed E-state index contributed by atoms with van der Waals surface area (Å²) in [5.41, 5.74) is 0.600. The normalized spacial score (nSPS) is 11.9. The van der Waals surface area contributed by atoms with Gasteiger partial charge in [-0.3, -0.25) is 24.4 Å². The summed E-state index contributed by atoms with van der Waals surface area (Å²) in [6, 6.07) is 13.8. The van der Waals surface area contributed by atoms with E-state index in [1.165, 1.54) is 47.0 Å². The molecule has 38 heavy (non-hydrogen) atoms. The summed E-state index contributed by atoms with van der Waals surface area (Å²) >= 11 is 0.993. The van der Waals surface area contributed by atoms with Gasteiger partial charge in [0.2, 0.25) is 0 Å². The molecule has 3 aromatic carbocycles. The number of nitro groups is 1. The number of fused-ring (bicyclic) bond motifs is 1. The maximum Gasteiger partial charge on any atom is 0.326 e. The van der Waals surface area contributed by atoms with Crippen molar-refractivity contribution in [1.29, 1.82) is 0 Å². The summed E-state index contributed by atoms with van der Waals surface area (Å²) in [5.74, 6) is -1.83. The molecule has 1 heterocycles.